The van der Waals surface area contributed by atoms with Crippen molar-refractivity contribution in [3.05, 3.63) is 48.0 Å². The number of piperidine rings is 1. The third-order valence-corrected chi connectivity index (χ3v) is 5.10. The lowest BCUT2D eigenvalue weighted by Gasteiger charge is -2.36. The molecule has 0 bridgehead atoms. The number of fused-ring (bicyclic) bond motifs is 1. The number of methoxy groups -OCH3 is 1. The van der Waals surface area contributed by atoms with Gasteiger partial charge in [-0.3, -0.25) is 4.79 Å². The van der Waals surface area contributed by atoms with Crippen LogP contribution in [0.5, 0.6) is 0 Å². The predicted molar refractivity (Wildman–Crippen MR) is 96.9 cm³/mol. The lowest BCUT2D eigenvalue weighted by molar-refractivity contribution is -0.136. The summed E-state index contributed by atoms with van der Waals surface area (Å²) >= 11 is 0. The largest absolute Gasteiger partial charge is 0.384 e. The van der Waals surface area contributed by atoms with Gasteiger partial charge >= 0.3 is 0 Å². The summed E-state index contributed by atoms with van der Waals surface area (Å²) in [4.78, 5) is 13.0. The number of hydrogen-bond acceptors (Lipinski definition) is 3. The van der Waals surface area contributed by atoms with Gasteiger partial charge in [0.25, 0.3) is 0 Å². The van der Waals surface area contributed by atoms with Crippen LogP contribution in [0.15, 0.2) is 42.5 Å². The summed E-state index contributed by atoms with van der Waals surface area (Å²) in [5.41, 5.74) is 0.738. The van der Waals surface area contributed by atoms with Crippen LogP contribution in [0.3, 0.4) is 0 Å². The van der Waals surface area contributed by atoms with E-state index < -0.39 is 5.41 Å². The van der Waals surface area contributed by atoms with Crippen LogP contribution in [0, 0.1) is 5.41 Å². The van der Waals surface area contributed by atoms with E-state index >= 15 is 0 Å². The summed E-state index contributed by atoms with van der Waals surface area (Å²) in [5.74, 6) is 0.103. The van der Waals surface area contributed by atoms with Gasteiger partial charge in [-0.2, -0.15) is 0 Å². The molecule has 1 aliphatic heterocycles. The van der Waals surface area contributed by atoms with Crippen molar-refractivity contribution in [2.45, 2.75) is 25.8 Å². The Hall–Kier alpha value is -1.91. The first kappa shape index (κ1) is 16.9. The van der Waals surface area contributed by atoms with Gasteiger partial charge in [0.1, 0.15) is 0 Å². The molecule has 24 heavy (non-hydrogen) atoms. The molecule has 0 aliphatic carbocycles. The first-order valence-electron chi connectivity index (χ1n) is 8.64. The van der Waals surface area contributed by atoms with Gasteiger partial charge in [0.15, 0.2) is 0 Å². The van der Waals surface area contributed by atoms with E-state index in [-0.39, 0.29) is 11.9 Å². The van der Waals surface area contributed by atoms with Gasteiger partial charge in [-0.15, -0.1) is 0 Å². The maximum absolute atomic E-state index is 13.0. The van der Waals surface area contributed by atoms with Gasteiger partial charge in [-0.05, 0) is 49.2 Å². The fourth-order valence-corrected chi connectivity index (χ4v) is 3.67. The molecule has 1 atom stereocenters. The van der Waals surface area contributed by atoms with Crippen LogP contribution in [0.2, 0.25) is 0 Å². The molecule has 0 radical (unpaired) electrons. The molecule has 128 valence electrons. The molecule has 3 rings (SSSR count). The second-order valence-corrected chi connectivity index (χ2v) is 6.73. The molecule has 1 amide bonds. The van der Waals surface area contributed by atoms with Gasteiger partial charge < -0.3 is 15.4 Å². The van der Waals surface area contributed by atoms with Gasteiger partial charge in [0.2, 0.25) is 5.91 Å². The first-order valence-corrected chi connectivity index (χ1v) is 8.64. The maximum atomic E-state index is 13.0. The molecule has 4 heteroatoms. The van der Waals surface area contributed by atoms with Crippen molar-refractivity contribution >= 4 is 16.7 Å². The Morgan fingerprint density at radius 2 is 1.92 bits per heavy atom. The van der Waals surface area contributed by atoms with Crippen LogP contribution in [-0.2, 0) is 9.53 Å². The van der Waals surface area contributed by atoms with Gasteiger partial charge in [0.05, 0.1) is 18.1 Å². The van der Waals surface area contributed by atoms with Crippen LogP contribution < -0.4 is 10.6 Å². The average Bonchev–Trinajstić information content (AvgIpc) is 2.62. The summed E-state index contributed by atoms with van der Waals surface area (Å²) in [5, 5.41) is 8.96. The second-order valence-electron chi connectivity index (χ2n) is 6.73. The second kappa shape index (κ2) is 7.32. The molecule has 1 heterocycles. The average molecular weight is 326 g/mol. The molecule has 1 unspecified atom stereocenters. The third-order valence-electron chi connectivity index (χ3n) is 5.10. The SMILES string of the molecule is COCC1(C(=O)NC(C)c2cccc3ccccc23)CCNCC1. The highest BCUT2D eigenvalue weighted by atomic mass is 16.5. The smallest absolute Gasteiger partial charge is 0.229 e. The van der Waals surface area contributed by atoms with Crippen LogP contribution in [0.4, 0.5) is 0 Å². The van der Waals surface area contributed by atoms with E-state index in [2.05, 4.69) is 47.9 Å². The summed E-state index contributed by atoms with van der Waals surface area (Å²) < 4.78 is 5.37. The van der Waals surface area contributed by atoms with E-state index in [1.807, 2.05) is 12.1 Å². The number of amides is 1. The minimum atomic E-state index is -0.418. The highest BCUT2D eigenvalue weighted by molar-refractivity contribution is 5.88. The van der Waals surface area contributed by atoms with Gasteiger partial charge in [-0.25, -0.2) is 0 Å². The summed E-state index contributed by atoms with van der Waals surface area (Å²) in [6.07, 6.45) is 1.63. The Kier molecular flexibility index (Phi) is 5.17. The van der Waals surface area contributed by atoms with Crippen molar-refractivity contribution in [3.8, 4) is 0 Å². The van der Waals surface area contributed by atoms with Crippen molar-refractivity contribution < 1.29 is 9.53 Å². The van der Waals surface area contributed by atoms with Crippen molar-refractivity contribution in [2.24, 2.45) is 5.41 Å². The molecular formula is C20H26N2O2. The van der Waals surface area contributed by atoms with E-state index in [4.69, 9.17) is 4.74 Å². The molecule has 1 aliphatic rings. The number of carbonyl (C=O) groups is 1. The van der Waals surface area contributed by atoms with Crippen molar-refractivity contribution in [2.75, 3.05) is 26.8 Å². The Labute approximate surface area is 143 Å². The van der Waals surface area contributed by atoms with E-state index in [9.17, 15) is 4.79 Å². The van der Waals surface area contributed by atoms with E-state index in [0.717, 1.165) is 31.5 Å². The minimum Gasteiger partial charge on any atom is -0.384 e. The Morgan fingerprint density at radius 1 is 1.21 bits per heavy atom. The lowest BCUT2D eigenvalue weighted by atomic mass is 9.78. The molecule has 0 saturated carbocycles. The number of rotatable bonds is 5. The summed E-state index contributed by atoms with van der Waals surface area (Å²) in [6, 6.07) is 14.5. The zero-order valence-corrected chi connectivity index (χ0v) is 14.5. The maximum Gasteiger partial charge on any atom is 0.229 e. The molecule has 2 aromatic rings. The number of nitrogens with one attached hydrogen (secondary N) is 2. The molecule has 1 saturated heterocycles. The lowest BCUT2D eigenvalue weighted by Crippen LogP contribution is -2.50. The quantitative estimate of drug-likeness (QED) is 0.888. The summed E-state index contributed by atoms with van der Waals surface area (Å²) in [6.45, 7) is 4.25. The molecular weight excluding hydrogens is 300 g/mol. The molecule has 4 nitrogen and oxygen atoms in total. The number of ether oxygens (including phenoxy) is 1. The van der Waals surface area contributed by atoms with Gasteiger partial charge in [-0.1, -0.05) is 42.5 Å². The zero-order chi connectivity index (χ0) is 17.0. The van der Waals surface area contributed by atoms with Crippen molar-refractivity contribution in [1.82, 2.24) is 10.6 Å². The zero-order valence-electron chi connectivity index (χ0n) is 14.5. The van der Waals surface area contributed by atoms with E-state index in [0.29, 0.717) is 6.61 Å². The fraction of sp³-hybridized carbons (Fsp3) is 0.450. The molecule has 2 N–H and O–H groups in total. The molecule has 0 spiro atoms. The number of benzene rings is 2. The fourth-order valence-electron chi connectivity index (χ4n) is 3.67. The Morgan fingerprint density at radius 3 is 2.67 bits per heavy atom. The van der Waals surface area contributed by atoms with Crippen molar-refractivity contribution in [3.63, 3.8) is 0 Å². The number of carbonyl (C=O) groups excluding carboxylic acids is 1. The van der Waals surface area contributed by atoms with Crippen molar-refractivity contribution in [1.29, 1.82) is 0 Å². The molecule has 0 aromatic heterocycles. The van der Waals surface area contributed by atoms with E-state index in [1.165, 1.54) is 10.8 Å². The Bertz CT molecular complexity index is 697. The number of hydrogen-bond donors (Lipinski definition) is 2. The third kappa shape index (κ3) is 3.30. The van der Waals surface area contributed by atoms with Gasteiger partial charge in [0, 0.05) is 7.11 Å². The Balaban J connectivity index is 1.82. The molecule has 2 aromatic carbocycles. The summed E-state index contributed by atoms with van der Waals surface area (Å²) in [7, 11) is 1.67. The predicted octanol–water partition coefficient (Wildman–Crippen LogP) is 3.03. The molecule has 1 fully saturated rings. The van der Waals surface area contributed by atoms with E-state index in [1.54, 1.807) is 7.11 Å². The first-order chi connectivity index (χ1) is 11.7. The van der Waals surface area contributed by atoms with Crippen LogP contribution >= 0.6 is 0 Å². The van der Waals surface area contributed by atoms with Crippen LogP contribution in [0.1, 0.15) is 31.4 Å². The highest BCUT2D eigenvalue weighted by Crippen LogP contribution is 2.31. The standard InChI is InChI=1S/C20H26N2O2/c1-15(17-9-5-7-16-6-3-4-8-18(16)17)22-19(23)20(14-24-2)10-12-21-13-11-20/h3-9,15,21H,10-14H2,1-2H3,(H,22,23). The topological polar surface area (TPSA) is 50.4 Å². The van der Waals surface area contributed by atoms with Crippen LogP contribution in [0.25, 0.3) is 10.8 Å². The minimum absolute atomic E-state index is 0.0350. The normalized spacial score (nSPS) is 18.2. The monoisotopic (exact) mass is 326 g/mol. The highest BCUT2D eigenvalue weighted by Gasteiger charge is 2.40. The van der Waals surface area contributed by atoms with Crippen LogP contribution in [-0.4, -0.2) is 32.7 Å².